The Kier molecular flexibility index (Phi) is 6.00. The summed E-state index contributed by atoms with van der Waals surface area (Å²) in [4.78, 5) is 32.4. The van der Waals surface area contributed by atoms with E-state index in [0.717, 1.165) is 25.0 Å². The fourth-order valence-electron chi connectivity index (χ4n) is 2.65. The third kappa shape index (κ3) is 5.90. The number of benzene rings is 1. The number of halogens is 3. The van der Waals surface area contributed by atoms with Crippen LogP contribution >= 0.6 is 0 Å². The molecule has 0 unspecified atom stereocenters. The van der Waals surface area contributed by atoms with Gasteiger partial charge in [0.2, 0.25) is 0 Å². The van der Waals surface area contributed by atoms with E-state index in [1.165, 1.54) is 25.4 Å². The molecule has 1 fully saturated rings. The Balaban J connectivity index is 1.63. The quantitative estimate of drug-likeness (QED) is 0.721. The molecule has 0 aliphatic heterocycles. The molecule has 1 saturated carbocycles. The molecule has 1 aliphatic rings. The molecule has 1 amide bonds. The highest BCUT2D eigenvalue weighted by molar-refractivity contribution is 5.92. The lowest BCUT2D eigenvalue weighted by Gasteiger charge is -2.13. The topological polar surface area (TPSA) is 90.4 Å². The lowest BCUT2D eigenvalue weighted by Crippen LogP contribution is -2.25. The van der Waals surface area contributed by atoms with E-state index < -0.39 is 18.0 Å². The Bertz CT molecular complexity index is 914. The van der Waals surface area contributed by atoms with Crippen molar-refractivity contribution in [1.29, 1.82) is 0 Å². The SMILES string of the molecule is COc1cc(OC(F)(F)F)ccc1CNC(=O)c1ccnc(CC(=O)C2CC2)n1. The fraction of sp³-hybridized carbons (Fsp3) is 0.368. The van der Waals surface area contributed by atoms with Crippen LogP contribution in [0.4, 0.5) is 13.2 Å². The standard InChI is InChI=1S/C19H18F3N3O4/c1-28-16-8-13(29-19(20,21)22)5-4-12(16)10-24-18(27)14-6-7-23-17(25-14)9-15(26)11-2-3-11/h4-8,11H,2-3,9-10H2,1H3,(H,24,27). The van der Waals surface area contributed by atoms with Gasteiger partial charge in [-0.3, -0.25) is 9.59 Å². The molecule has 1 heterocycles. The van der Waals surface area contributed by atoms with Crippen LogP contribution < -0.4 is 14.8 Å². The maximum absolute atomic E-state index is 12.4. The normalized spacial score (nSPS) is 13.7. The number of ketones is 1. The summed E-state index contributed by atoms with van der Waals surface area (Å²) < 4.78 is 45.9. The van der Waals surface area contributed by atoms with Crippen molar-refractivity contribution in [3.05, 3.63) is 47.5 Å². The average Bonchev–Trinajstić information content (AvgIpc) is 3.51. The molecule has 1 aromatic heterocycles. The molecule has 10 heteroatoms. The van der Waals surface area contributed by atoms with Crippen molar-refractivity contribution in [3.63, 3.8) is 0 Å². The van der Waals surface area contributed by atoms with Gasteiger partial charge in [0.15, 0.2) is 0 Å². The number of aromatic nitrogens is 2. The third-order valence-corrected chi connectivity index (χ3v) is 4.23. The van der Waals surface area contributed by atoms with Gasteiger partial charge in [0.25, 0.3) is 5.91 Å². The van der Waals surface area contributed by atoms with E-state index in [2.05, 4.69) is 20.0 Å². The van der Waals surface area contributed by atoms with Crippen LogP contribution in [0.3, 0.4) is 0 Å². The summed E-state index contributed by atoms with van der Waals surface area (Å²) >= 11 is 0. The summed E-state index contributed by atoms with van der Waals surface area (Å²) in [6.07, 6.45) is -1.56. The van der Waals surface area contributed by atoms with E-state index in [9.17, 15) is 22.8 Å². The van der Waals surface area contributed by atoms with Crippen LogP contribution in [0.2, 0.25) is 0 Å². The second kappa shape index (κ2) is 8.46. The van der Waals surface area contributed by atoms with Crippen LogP contribution in [0.5, 0.6) is 11.5 Å². The van der Waals surface area contributed by atoms with Crippen LogP contribution in [0, 0.1) is 5.92 Å². The van der Waals surface area contributed by atoms with Gasteiger partial charge in [-0.25, -0.2) is 9.97 Å². The van der Waals surface area contributed by atoms with E-state index in [1.54, 1.807) is 0 Å². The summed E-state index contributed by atoms with van der Waals surface area (Å²) in [7, 11) is 1.30. The molecule has 0 atom stereocenters. The zero-order valence-corrected chi connectivity index (χ0v) is 15.5. The second-order valence-corrected chi connectivity index (χ2v) is 6.48. The number of nitrogens with zero attached hydrogens (tertiary/aromatic N) is 2. The summed E-state index contributed by atoms with van der Waals surface area (Å²) in [5, 5.41) is 2.62. The number of alkyl halides is 3. The molecule has 7 nitrogen and oxygen atoms in total. The number of rotatable bonds is 8. The summed E-state index contributed by atoms with van der Waals surface area (Å²) in [5.41, 5.74) is 0.545. The summed E-state index contributed by atoms with van der Waals surface area (Å²) in [5.74, 6) is -0.386. The number of hydrogen-bond acceptors (Lipinski definition) is 6. The Labute approximate surface area is 164 Å². The fourth-order valence-corrected chi connectivity index (χ4v) is 2.65. The van der Waals surface area contributed by atoms with Crippen molar-refractivity contribution in [3.8, 4) is 11.5 Å². The molecule has 1 aromatic carbocycles. The molecule has 29 heavy (non-hydrogen) atoms. The van der Waals surface area contributed by atoms with Gasteiger partial charge in [0.05, 0.1) is 13.5 Å². The number of methoxy groups -OCH3 is 1. The highest BCUT2D eigenvalue weighted by Crippen LogP contribution is 2.31. The molecule has 3 rings (SSSR count). The van der Waals surface area contributed by atoms with Gasteiger partial charge in [0, 0.05) is 30.3 Å². The smallest absolute Gasteiger partial charge is 0.496 e. The number of carbonyl (C=O) groups excluding carboxylic acids is 2. The zero-order chi connectivity index (χ0) is 21.0. The molecule has 0 bridgehead atoms. The summed E-state index contributed by atoms with van der Waals surface area (Å²) in [6.45, 7) is -0.00531. The van der Waals surface area contributed by atoms with Crippen molar-refractivity contribution in [2.75, 3.05) is 7.11 Å². The van der Waals surface area contributed by atoms with Crippen molar-refractivity contribution >= 4 is 11.7 Å². The van der Waals surface area contributed by atoms with Gasteiger partial charge in [-0.2, -0.15) is 0 Å². The number of hydrogen-bond donors (Lipinski definition) is 1. The zero-order valence-electron chi connectivity index (χ0n) is 15.5. The van der Waals surface area contributed by atoms with E-state index in [-0.39, 0.29) is 41.9 Å². The summed E-state index contributed by atoms with van der Waals surface area (Å²) in [6, 6.07) is 4.99. The average molecular weight is 409 g/mol. The van der Waals surface area contributed by atoms with Crippen LogP contribution in [-0.2, 0) is 17.8 Å². The van der Waals surface area contributed by atoms with E-state index in [0.29, 0.717) is 5.56 Å². The Morgan fingerprint density at radius 1 is 1.24 bits per heavy atom. The minimum absolute atomic E-state index is 0.00531. The maximum Gasteiger partial charge on any atom is 0.573 e. The van der Waals surface area contributed by atoms with Crippen LogP contribution in [0.15, 0.2) is 30.5 Å². The third-order valence-electron chi connectivity index (χ3n) is 4.23. The largest absolute Gasteiger partial charge is 0.573 e. The molecule has 1 N–H and O–H groups in total. The van der Waals surface area contributed by atoms with E-state index >= 15 is 0 Å². The van der Waals surface area contributed by atoms with E-state index in [4.69, 9.17) is 4.74 Å². The van der Waals surface area contributed by atoms with Gasteiger partial charge in [-0.15, -0.1) is 13.2 Å². The maximum atomic E-state index is 12.4. The molecule has 0 radical (unpaired) electrons. The van der Waals surface area contributed by atoms with Crippen molar-refractivity contribution in [1.82, 2.24) is 15.3 Å². The van der Waals surface area contributed by atoms with Crippen LogP contribution in [-0.4, -0.2) is 35.1 Å². The lowest BCUT2D eigenvalue weighted by atomic mass is 10.2. The minimum atomic E-state index is -4.81. The first-order valence-electron chi connectivity index (χ1n) is 8.80. The molecule has 154 valence electrons. The molecule has 2 aromatic rings. The lowest BCUT2D eigenvalue weighted by molar-refractivity contribution is -0.274. The molecular formula is C19H18F3N3O4. The van der Waals surface area contributed by atoms with Gasteiger partial charge in [0.1, 0.15) is 28.8 Å². The van der Waals surface area contributed by atoms with Gasteiger partial charge in [-0.1, -0.05) is 0 Å². The predicted octanol–water partition coefficient (Wildman–Crippen LogP) is 2.84. The molecule has 1 aliphatic carbocycles. The highest BCUT2D eigenvalue weighted by Gasteiger charge is 2.31. The first-order valence-corrected chi connectivity index (χ1v) is 8.80. The van der Waals surface area contributed by atoms with Crippen molar-refractivity contribution < 1.29 is 32.2 Å². The number of Topliss-reactive ketones (excluding diaryl/α,β-unsaturated/α-hetero) is 1. The first kappa shape index (κ1) is 20.6. The monoisotopic (exact) mass is 409 g/mol. The molecule has 0 saturated heterocycles. The van der Waals surface area contributed by atoms with Crippen LogP contribution in [0.25, 0.3) is 0 Å². The van der Waals surface area contributed by atoms with Crippen molar-refractivity contribution in [2.24, 2.45) is 5.92 Å². The predicted molar refractivity (Wildman–Crippen MR) is 94.3 cm³/mol. The van der Waals surface area contributed by atoms with Gasteiger partial charge in [-0.05, 0) is 31.0 Å². The molecule has 0 spiro atoms. The van der Waals surface area contributed by atoms with Crippen LogP contribution in [0.1, 0.15) is 34.7 Å². The minimum Gasteiger partial charge on any atom is -0.496 e. The van der Waals surface area contributed by atoms with E-state index in [1.807, 2.05) is 0 Å². The van der Waals surface area contributed by atoms with Gasteiger partial charge >= 0.3 is 6.36 Å². The first-order chi connectivity index (χ1) is 13.7. The number of amides is 1. The molecular weight excluding hydrogens is 391 g/mol. The second-order valence-electron chi connectivity index (χ2n) is 6.48. The number of ether oxygens (including phenoxy) is 2. The van der Waals surface area contributed by atoms with Crippen molar-refractivity contribution in [2.45, 2.75) is 32.2 Å². The Morgan fingerprint density at radius 3 is 2.66 bits per heavy atom. The van der Waals surface area contributed by atoms with Gasteiger partial charge < -0.3 is 14.8 Å². The number of nitrogens with one attached hydrogen (secondary N) is 1. The Morgan fingerprint density at radius 2 is 2.00 bits per heavy atom. The highest BCUT2D eigenvalue weighted by atomic mass is 19.4. The Hall–Kier alpha value is -3.17. The number of carbonyl (C=O) groups is 2.